The summed E-state index contributed by atoms with van der Waals surface area (Å²) in [5, 5.41) is 0.575. The lowest BCUT2D eigenvalue weighted by Gasteiger charge is -2.05. The Morgan fingerprint density at radius 2 is 2.08 bits per heavy atom. The highest BCUT2D eigenvalue weighted by atomic mass is 32.1. The third-order valence-electron chi connectivity index (χ3n) is 2.09. The van der Waals surface area contributed by atoms with Crippen molar-refractivity contribution >= 4 is 18.9 Å². The van der Waals surface area contributed by atoms with E-state index in [2.05, 4.69) is 19.6 Å². The predicted molar refractivity (Wildman–Crippen MR) is 61.4 cm³/mol. The van der Waals surface area contributed by atoms with Crippen LogP contribution in [0.1, 0.15) is 45.4 Å². The van der Waals surface area contributed by atoms with E-state index in [-0.39, 0.29) is 0 Å². The number of aldehydes is 1. The Hall–Kier alpha value is -0.240. The Morgan fingerprint density at radius 3 is 2.69 bits per heavy atom. The van der Waals surface area contributed by atoms with Crippen molar-refractivity contribution in [2.45, 2.75) is 50.7 Å². The van der Waals surface area contributed by atoms with Gasteiger partial charge in [-0.15, -0.1) is 0 Å². The van der Waals surface area contributed by atoms with Crippen molar-refractivity contribution in [2.75, 3.05) is 0 Å². The molecule has 0 rings (SSSR count). The van der Waals surface area contributed by atoms with Crippen LogP contribution in [0.2, 0.25) is 0 Å². The molecule has 0 aliphatic carbocycles. The number of rotatable bonds is 8. The molecule has 0 aromatic heterocycles. The van der Waals surface area contributed by atoms with E-state index in [1.54, 1.807) is 6.08 Å². The van der Waals surface area contributed by atoms with Gasteiger partial charge in [0.2, 0.25) is 0 Å². The highest BCUT2D eigenvalue weighted by molar-refractivity contribution is 7.80. The Bertz CT molecular complexity index is 143. The lowest BCUT2D eigenvalue weighted by atomic mass is 10.1. The lowest BCUT2D eigenvalue weighted by molar-refractivity contribution is -0.104. The molecule has 1 atom stereocenters. The number of carbonyl (C=O) groups excluding carboxylic acids is 1. The molecule has 0 aliphatic rings. The molecule has 0 aliphatic heterocycles. The number of hydrogen-bond acceptors (Lipinski definition) is 2. The third-order valence-corrected chi connectivity index (χ3v) is 2.72. The molecular formula is C11H20OS. The zero-order valence-electron chi connectivity index (χ0n) is 8.41. The summed E-state index contributed by atoms with van der Waals surface area (Å²) in [4.78, 5) is 9.92. The quantitative estimate of drug-likeness (QED) is 0.275. The molecule has 0 fully saturated rings. The van der Waals surface area contributed by atoms with Crippen LogP contribution in [0, 0.1) is 0 Å². The van der Waals surface area contributed by atoms with Crippen LogP contribution in [0.4, 0.5) is 0 Å². The van der Waals surface area contributed by atoms with Crippen LogP contribution in [-0.4, -0.2) is 11.5 Å². The first-order chi connectivity index (χ1) is 6.31. The predicted octanol–water partition coefficient (Wildman–Crippen LogP) is 3.40. The van der Waals surface area contributed by atoms with Gasteiger partial charge in [-0.05, 0) is 31.8 Å². The van der Waals surface area contributed by atoms with Crippen molar-refractivity contribution in [1.82, 2.24) is 0 Å². The zero-order chi connectivity index (χ0) is 9.94. The van der Waals surface area contributed by atoms with Crippen LogP contribution in [0.3, 0.4) is 0 Å². The smallest absolute Gasteiger partial charge is 0.142 e. The van der Waals surface area contributed by atoms with E-state index in [4.69, 9.17) is 0 Å². The molecule has 0 saturated carbocycles. The minimum atomic E-state index is 0.575. The van der Waals surface area contributed by atoms with Gasteiger partial charge in [0, 0.05) is 5.25 Å². The molecule has 0 N–H and O–H groups in total. The minimum absolute atomic E-state index is 0.575. The molecule has 0 saturated heterocycles. The molecule has 76 valence electrons. The minimum Gasteiger partial charge on any atom is -0.299 e. The second-order valence-electron chi connectivity index (χ2n) is 3.26. The summed E-state index contributed by atoms with van der Waals surface area (Å²) in [6.07, 6.45) is 11.5. The fourth-order valence-electron chi connectivity index (χ4n) is 1.17. The standard InChI is InChI=1S/C11H20OS/c1-2-11(13)9-7-5-3-4-6-8-10-12/h6,8,10-11,13H,2-5,7,9H2,1H3/b8-6-. The van der Waals surface area contributed by atoms with Crippen LogP contribution >= 0.6 is 12.6 Å². The molecule has 0 aromatic rings. The van der Waals surface area contributed by atoms with E-state index in [0.29, 0.717) is 5.25 Å². The normalized spacial score (nSPS) is 13.4. The van der Waals surface area contributed by atoms with Gasteiger partial charge in [-0.1, -0.05) is 25.8 Å². The van der Waals surface area contributed by atoms with E-state index in [1.807, 2.05) is 6.08 Å². The molecule has 0 radical (unpaired) electrons. The number of hydrogen-bond donors (Lipinski definition) is 1. The van der Waals surface area contributed by atoms with Gasteiger partial charge in [-0.2, -0.15) is 12.6 Å². The zero-order valence-corrected chi connectivity index (χ0v) is 9.30. The largest absolute Gasteiger partial charge is 0.299 e. The second-order valence-corrected chi connectivity index (χ2v) is 3.99. The molecule has 0 aromatic carbocycles. The topological polar surface area (TPSA) is 17.1 Å². The van der Waals surface area contributed by atoms with E-state index in [0.717, 1.165) is 19.1 Å². The van der Waals surface area contributed by atoms with Gasteiger partial charge in [0.15, 0.2) is 0 Å². The number of unbranched alkanes of at least 4 members (excludes halogenated alkanes) is 3. The lowest BCUT2D eigenvalue weighted by Crippen LogP contribution is -1.94. The summed E-state index contributed by atoms with van der Waals surface area (Å²) < 4.78 is 0. The van der Waals surface area contributed by atoms with Crippen LogP contribution in [0.25, 0.3) is 0 Å². The molecule has 0 spiro atoms. The van der Waals surface area contributed by atoms with Gasteiger partial charge in [0.25, 0.3) is 0 Å². The highest BCUT2D eigenvalue weighted by Crippen LogP contribution is 2.12. The molecule has 13 heavy (non-hydrogen) atoms. The fourth-order valence-corrected chi connectivity index (χ4v) is 1.36. The van der Waals surface area contributed by atoms with Gasteiger partial charge in [0.05, 0.1) is 0 Å². The molecule has 0 bridgehead atoms. The molecule has 0 amide bonds. The maximum absolute atomic E-state index is 9.92. The summed E-state index contributed by atoms with van der Waals surface area (Å²) in [7, 11) is 0. The fraction of sp³-hybridized carbons (Fsp3) is 0.727. The van der Waals surface area contributed by atoms with Crippen LogP contribution in [0.5, 0.6) is 0 Å². The highest BCUT2D eigenvalue weighted by Gasteiger charge is 1.97. The SMILES string of the molecule is CCC(S)CCCCC/C=C\C=O. The molecule has 1 nitrogen and oxygen atoms in total. The molecule has 2 heteroatoms. The van der Waals surface area contributed by atoms with Crippen molar-refractivity contribution in [3.05, 3.63) is 12.2 Å². The maximum Gasteiger partial charge on any atom is 0.142 e. The second kappa shape index (κ2) is 9.85. The monoisotopic (exact) mass is 200 g/mol. The van der Waals surface area contributed by atoms with E-state index >= 15 is 0 Å². The van der Waals surface area contributed by atoms with Gasteiger partial charge >= 0.3 is 0 Å². The Morgan fingerprint density at radius 1 is 1.31 bits per heavy atom. The molecule has 1 unspecified atom stereocenters. The van der Waals surface area contributed by atoms with Gasteiger partial charge in [-0.3, -0.25) is 4.79 Å². The summed E-state index contributed by atoms with van der Waals surface area (Å²) in [6.45, 7) is 2.17. The van der Waals surface area contributed by atoms with Crippen LogP contribution in [0.15, 0.2) is 12.2 Å². The summed E-state index contributed by atoms with van der Waals surface area (Å²) >= 11 is 4.43. The van der Waals surface area contributed by atoms with Crippen molar-refractivity contribution in [2.24, 2.45) is 0 Å². The Labute approximate surface area is 87.0 Å². The van der Waals surface area contributed by atoms with E-state index in [1.165, 1.54) is 25.7 Å². The number of carbonyl (C=O) groups is 1. The van der Waals surface area contributed by atoms with E-state index < -0.39 is 0 Å². The Kier molecular flexibility index (Phi) is 9.66. The summed E-state index contributed by atoms with van der Waals surface area (Å²) in [5.74, 6) is 0. The number of allylic oxidation sites excluding steroid dienone is 2. The van der Waals surface area contributed by atoms with Crippen molar-refractivity contribution < 1.29 is 4.79 Å². The van der Waals surface area contributed by atoms with E-state index in [9.17, 15) is 4.79 Å². The third kappa shape index (κ3) is 9.68. The summed E-state index contributed by atoms with van der Waals surface area (Å²) in [5.41, 5.74) is 0. The van der Waals surface area contributed by atoms with Crippen LogP contribution < -0.4 is 0 Å². The number of thiol groups is 1. The van der Waals surface area contributed by atoms with Gasteiger partial charge in [0.1, 0.15) is 6.29 Å². The van der Waals surface area contributed by atoms with Gasteiger partial charge < -0.3 is 0 Å². The average molecular weight is 200 g/mol. The maximum atomic E-state index is 9.92. The first-order valence-electron chi connectivity index (χ1n) is 5.09. The van der Waals surface area contributed by atoms with Crippen molar-refractivity contribution in [3.63, 3.8) is 0 Å². The molecular weight excluding hydrogens is 180 g/mol. The first-order valence-corrected chi connectivity index (χ1v) is 5.61. The van der Waals surface area contributed by atoms with Crippen molar-refractivity contribution in [3.8, 4) is 0 Å². The summed E-state index contributed by atoms with van der Waals surface area (Å²) in [6, 6.07) is 0. The Balaban J connectivity index is 3.07. The van der Waals surface area contributed by atoms with Gasteiger partial charge in [-0.25, -0.2) is 0 Å². The van der Waals surface area contributed by atoms with Crippen molar-refractivity contribution in [1.29, 1.82) is 0 Å². The van der Waals surface area contributed by atoms with Crippen LogP contribution in [-0.2, 0) is 4.79 Å². The molecule has 0 heterocycles. The average Bonchev–Trinajstić information content (AvgIpc) is 2.16. The first kappa shape index (κ1) is 12.8.